The largest absolute Gasteiger partial charge is 0.159 e. The molecule has 0 unspecified atom stereocenters. The molecule has 0 heterocycles. The number of aryl methyl sites for hydroxylation is 1. The minimum atomic E-state index is 0.302. The third-order valence-corrected chi connectivity index (χ3v) is 3.73. The van der Waals surface area contributed by atoms with Crippen LogP contribution in [0, 0.1) is 6.92 Å². The number of rotatable bonds is 3. The van der Waals surface area contributed by atoms with E-state index in [1.165, 1.54) is 0 Å². The van der Waals surface area contributed by atoms with Gasteiger partial charge >= 0.3 is 0 Å². The normalized spacial score (nSPS) is 12.6. The lowest BCUT2D eigenvalue weighted by molar-refractivity contribution is 1.25. The third-order valence-electron chi connectivity index (χ3n) is 2.66. The Hall–Kier alpha value is -1.16. The van der Waals surface area contributed by atoms with Gasteiger partial charge in [0.25, 0.3) is 0 Å². The van der Waals surface area contributed by atoms with E-state index in [1.54, 1.807) is 0 Å². The summed E-state index contributed by atoms with van der Waals surface area (Å²) in [6, 6.07) is 15.2. The summed E-state index contributed by atoms with van der Waals surface area (Å²) in [6.45, 7) is 1.96. The van der Waals surface area contributed by atoms with Gasteiger partial charge in [-0.15, -0.1) is 10.2 Å². The monoisotopic (exact) mass is 368 g/mol. The molecule has 102 valence electrons. The lowest BCUT2D eigenvalue weighted by Crippen LogP contribution is -1.96. The van der Waals surface area contributed by atoms with Crippen LogP contribution >= 0.6 is 39.1 Å². The van der Waals surface area contributed by atoms with Gasteiger partial charge < -0.3 is 0 Å². The van der Waals surface area contributed by atoms with E-state index in [4.69, 9.17) is 23.2 Å². The Morgan fingerprint density at radius 1 is 0.950 bits per heavy atom. The van der Waals surface area contributed by atoms with Crippen molar-refractivity contribution in [1.29, 1.82) is 0 Å². The lowest BCUT2D eigenvalue weighted by Gasteiger charge is -2.03. The highest BCUT2D eigenvalue weighted by atomic mass is 79.9. The van der Waals surface area contributed by atoms with Crippen molar-refractivity contribution >= 4 is 49.5 Å². The van der Waals surface area contributed by atoms with Crippen molar-refractivity contribution in [2.24, 2.45) is 10.2 Å². The van der Waals surface area contributed by atoms with E-state index >= 15 is 0 Å². The van der Waals surface area contributed by atoms with Gasteiger partial charge in [0, 0.05) is 15.6 Å². The van der Waals surface area contributed by atoms with Crippen molar-refractivity contribution in [3.8, 4) is 0 Å². The van der Waals surface area contributed by atoms with Crippen molar-refractivity contribution in [1.82, 2.24) is 0 Å². The van der Waals surface area contributed by atoms with Gasteiger partial charge in [-0.1, -0.05) is 75.5 Å². The van der Waals surface area contributed by atoms with Gasteiger partial charge in [-0.2, -0.15) is 0 Å². The van der Waals surface area contributed by atoms with Gasteiger partial charge in [-0.25, -0.2) is 0 Å². The Bertz CT molecular complexity index is 667. The summed E-state index contributed by atoms with van der Waals surface area (Å²) >= 11 is 15.7. The highest BCUT2D eigenvalue weighted by Crippen LogP contribution is 2.18. The van der Waals surface area contributed by atoms with E-state index in [2.05, 4.69) is 26.1 Å². The van der Waals surface area contributed by atoms with Crippen molar-refractivity contribution in [3.63, 3.8) is 0 Å². The first-order valence-electron chi connectivity index (χ1n) is 5.86. The van der Waals surface area contributed by atoms with E-state index in [0.717, 1.165) is 21.2 Å². The van der Waals surface area contributed by atoms with E-state index < -0.39 is 0 Å². The number of hydrogen-bond acceptors (Lipinski definition) is 2. The molecule has 20 heavy (non-hydrogen) atoms. The number of hydrogen-bond donors (Lipinski definition) is 0. The van der Waals surface area contributed by atoms with Crippen LogP contribution in [-0.2, 0) is 0 Å². The van der Waals surface area contributed by atoms with Gasteiger partial charge in [0.2, 0.25) is 0 Å². The summed E-state index contributed by atoms with van der Waals surface area (Å²) in [5.41, 5.74) is 2.64. The molecule has 0 aliphatic rings. The Labute approximate surface area is 136 Å². The van der Waals surface area contributed by atoms with Crippen LogP contribution in [0.5, 0.6) is 0 Å². The molecule has 2 rings (SSSR count). The molecule has 0 radical (unpaired) electrons. The predicted octanol–water partition coefficient (Wildman–Crippen LogP) is 5.34. The van der Waals surface area contributed by atoms with Gasteiger partial charge in [0.15, 0.2) is 10.3 Å². The maximum Gasteiger partial charge on any atom is 0.159 e. The molecule has 0 spiro atoms. The Morgan fingerprint density at radius 2 is 1.60 bits per heavy atom. The molecule has 0 fully saturated rings. The van der Waals surface area contributed by atoms with Crippen LogP contribution in [0.4, 0.5) is 0 Å². The maximum atomic E-state index is 6.18. The summed E-state index contributed by atoms with van der Waals surface area (Å²) in [6.07, 6.45) is 0. The fourth-order valence-corrected chi connectivity index (χ4v) is 2.36. The Kier molecular flexibility index (Phi) is 5.35. The topological polar surface area (TPSA) is 24.7 Å². The molecule has 2 nitrogen and oxygen atoms in total. The first-order chi connectivity index (χ1) is 9.58. The highest BCUT2D eigenvalue weighted by Gasteiger charge is 2.05. The van der Waals surface area contributed by atoms with Crippen LogP contribution in [0.3, 0.4) is 0 Å². The zero-order valence-corrected chi connectivity index (χ0v) is 13.7. The van der Waals surface area contributed by atoms with Crippen LogP contribution in [0.25, 0.3) is 0 Å². The second kappa shape index (κ2) is 7.02. The smallest absolute Gasteiger partial charge is 0.136 e. The highest BCUT2D eigenvalue weighted by molar-refractivity contribution is 9.10. The van der Waals surface area contributed by atoms with E-state index in [1.807, 2.05) is 55.5 Å². The molecule has 0 aromatic heterocycles. The minimum Gasteiger partial charge on any atom is -0.136 e. The molecular weight excluding hydrogens is 359 g/mol. The first-order valence-corrected chi connectivity index (χ1v) is 7.41. The molecule has 0 saturated heterocycles. The summed E-state index contributed by atoms with van der Waals surface area (Å²) in [7, 11) is 0. The quantitative estimate of drug-likeness (QED) is 0.515. The van der Waals surface area contributed by atoms with Crippen molar-refractivity contribution in [3.05, 3.63) is 69.7 Å². The molecule has 2 aromatic carbocycles. The summed E-state index contributed by atoms with van der Waals surface area (Å²) in [5.74, 6) is 0. The van der Waals surface area contributed by atoms with Crippen molar-refractivity contribution in [2.45, 2.75) is 6.92 Å². The van der Waals surface area contributed by atoms with Crippen LogP contribution in [0.15, 0.2) is 63.2 Å². The zero-order chi connectivity index (χ0) is 14.5. The Balaban J connectivity index is 2.29. The predicted molar refractivity (Wildman–Crippen MR) is 90.1 cm³/mol. The van der Waals surface area contributed by atoms with Gasteiger partial charge in [0.05, 0.1) is 0 Å². The molecule has 5 heteroatoms. The van der Waals surface area contributed by atoms with Gasteiger partial charge in [-0.3, -0.25) is 0 Å². The second-order valence-electron chi connectivity index (χ2n) is 4.11. The number of halogens is 3. The average molecular weight is 370 g/mol. The summed E-state index contributed by atoms with van der Waals surface area (Å²) < 4.78 is 0.935. The van der Waals surface area contributed by atoms with Crippen LogP contribution in [0.1, 0.15) is 16.7 Å². The zero-order valence-electron chi connectivity index (χ0n) is 10.6. The van der Waals surface area contributed by atoms with Crippen molar-refractivity contribution < 1.29 is 0 Å². The lowest BCUT2D eigenvalue weighted by atomic mass is 10.1. The van der Waals surface area contributed by atoms with Gasteiger partial charge in [0.1, 0.15) is 0 Å². The fraction of sp³-hybridized carbons (Fsp3) is 0.0667. The fourth-order valence-electron chi connectivity index (χ4n) is 1.59. The molecule has 2 aromatic rings. The van der Waals surface area contributed by atoms with E-state index in [9.17, 15) is 0 Å². The summed E-state index contributed by atoms with van der Waals surface area (Å²) in [5, 5.41) is 8.56. The SMILES string of the molecule is Cc1ccc(Br)cc1/C(Cl)=N/N=C(\Cl)c1ccccc1. The Morgan fingerprint density at radius 3 is 2.30 bits per heavy atom. The van der Waals surface area contributed by atoms with Crippen LogP contribution < -0.4 is 0 Å². The van der Waals surface area contributed by atoms with Crippen LogP contribution in [0.2, 0.25) is 0 Å². The molecule has 0 saturated carbocycles. The molecule has 0 N–H and O–H groups in total. The molecule has 0 aliphatic heterocycles. The average Bonchev–Trinajstić information content (AvgIpc) is 2.47. The molecular formula is C15H11BrCl2N2. The number of benzene rings is 2. The number of nitrogens with zero attached hydrogens (tertiary/aromatic N) is 2. The molecule has 0 aliphatic carbocycles. The first kappa shape index (κ1) is 15.2. The minimum absolute atomic E-state index is 0.302. The van der Waals surface area contributed by atoms with Crippen molar-refractivity contribution in [2.75, 3.05) is 0 Å². The molecule has 0 amide bonds. The van der Waals surface area contributed by atoms with Gasteiger partial charge in [-0.05, 0) is 24.6 Å². The van der Waals surface area contributed by atoms with Crippen LogP contribution in [-0.4, -0.2) is 10.3 Å². The van der Waals surface area contributed by atoms with E-state index in [-0.39, 0.29) is 0 Å². The standard InChI is InChI=1S/C15H11BrCl2N2/c1-10-7-8-12(16)9-13(10)15(18)20-19-14(17)11-5-3-2-4-6-11/h2-9H,1H3/b19-14-,20-15-. The molecule has 0 atom stereocenters. The molecule has 0 bridgehead atoms. The second-order valence-corrected chi connectivity index (χ2v) is 5.74. The maximum absolute atomic E-state index is 6.18. The van der Waals surface area contributed by atoms with E-state index in [0.29, 0.717) is 10.3 Å². The summed E-state index contributed by atoms with van der Waals surface area (Å²) in [4.78, 5) is 0. The third kappa shape index (κ3) is 3.92.